The van der Waals surface area contributed by atoms with Crippen LogP contribution in [0.15, 0.2) is 12.1 Å². The van der Waals surface area contributed by atoms with Crippen LogP contribution >= 0.6 is 11.6 Å². The van der Waals surface area contributed by atoms with E-state index < -0.39 is 0 Å². The predicted molar refractivity (Wildman–Crippen MR) is 74.6 cm³/mol. The van der Waals surface area contributed by atoms with Crippen molar-refractivity contribution < 1.29 is 9.47 Å². The summed E-state index contributed by atoms with van der Waals surface area (Å²) in [7, 11) is 1.70. The Morgan fingerprint density at radius 2 is 1.89 bits per heavy atom. The van der Waals surface area contributed by atoms with Crippen LogP contribution < -0.4 is 4.74 Å². The van der Waals surface area contributed by atoms with Gasteiger partial charge in [-0.3, -0.25) is 0 Å². The Morgan fingerprint density at radius 1 is 1.28 bits per heavy atom. The second-order valence-corrected chi connectivity index (χ2v) is 5.62. The van der Waals surface area contributed by atoms with E-state index in [2.05, 4.69) is 32.9 Å². The second-order valence-electron chi connectivity index (χ2n) is 5.15. The van der Waals surface area contributed by atoms with Crippen molar-refractivity contribution in [2.45, 2.75) is 51.2 Å². The number of alkyl halides is 1. The average Bonchev–Trinajstić information content (AvgIpc) is 2.74. The summed E-state index contributed by atoms with van der Waals surface area (Å²) < 4.78 is 11.2. The van der Waals surface area contributed by atoms with Crippen molar-refractivity contribution in [2.75, 3.05) is 7.11 Å². The summed E-state index contributed by atoms with van der Waals surface area (Å²) in [6, 6.07) is 4.21. The molecule has 1 aromatic carbocycles. The van der Waals surface area contributed by atoms with Gasteiger partial charge in [-0.25, -0.2) is 0 Å². The molecule has 1 fully saturated rings. The molecule has 0 aromatic heterocycles. The van der Waals surface area contributed by atoms with Gasteiger partial charge in [0.25, 0.3) is 0 Å². The Kier molecular flexibility index (Phi) is 4.18. The minimum absolute atomic E-state index is 0.0711. The molecule has 0 N–H and O–H groups in total. The number of rotatable bonds is 3. The lowest BCUT2D eigenvalue weighted by Crippen LogP contribution is -2.15. The number of aryl methyl sites for hydroxylation is 2. The molecule has 3 unspecified atom stereocenters. The first kappa shape index (κ1) is 13.7. The lowest BCUT2D eigenvalue weighted by molar-refractivity contribution is 0.0533. The van der Waals surface area contributed by atoms with E-state index in [0.29, 0.717) is 6.10 Å². The molecule has 3 atom stereocenters. The van der Waals surface area contributed by atoms with Gasteiger partial charge < -0.3 is 9.47 Å². The van der Waals surface area contributed by atoms with Crippen molar-refractivity contribution in [3.8, 4) is 5.75 Å². The minimum Gasteiger partial charge on any atom is -0.496 e. The van der Waals surface area contributed by atoms with E-state index in [1.54, 1.807) is 7.11 Å². The molecule has 0 bridgehead atoms. The monoisotopic (exact) mass is 268 g/mol. The Hall–Kier alpha value is -0.730. The molecule has 3 heteroatoms. The first-order chi connectivity index (χ1) is 8.52. The molecule has 0 amide bonds. The minimum atomic E-state index is -0.0711. The fraction of sp³-hybridized carbons (Fsp3) is 0.600. The van der Waals surface area contributed by atoms with Crippen molar-refractivity contribution in [1.82, 2.24) is 0 Å². The van der Waals surface area contributed by atoms with Gasteiger partial charge in [0.2, 0.25) is 0 Å². The van der Waals surface area contributed by atoms with Crippen molar-refractivity contribution in [1.29, 1.82) is 0 Å². The molecule has 2 rings (SSSR count). The molecule has 2 nitrogen and oxygen atoms in total. The van der Waals surface area contributed by atoms with E-state index in [1.165, 1.54) is 0 Å². The molecule has 1 aliphatic rings. The molecule has 1 aliphatic heterocycles. The van der Waals surface area contributed by atoms with E-state index in [4.69, 9.17) is 21.1 Å². The van der Waals surface area contributed by atoms with Gasteiger partial charge in [-0.1, -0.05) is 12.1 Å². The Balaban J connectivity index is 2.23. The Bertz CT molecular complexity index is 407. The van der Waals surface area contributed by atoms with Crippen LogP contribution in [-0.2, 0) is 4.74 Å². The third-order valence-corrected chi connectivity index (χ3v) is 4.13. The number of hydrogen-bond donors (Lipinski definition) is 0. The van der Waals surface area contributed by atoms with Crippen LogP contribution in [0.25, 0.3) is 0 Å². The maximum Gasteiger partial charge on any atom is 0.124 e. The molecule has 0 spiro atoms. The summed E-state index contributed by atoms with van der Waals surface area (Å²) in [5, 5.41) is -0.0711. The lowest BCUT2D eigenvalue weighted by atomic mass is 9.99. The fourth-order valence-corrected chi connectivity index (χ4v) is 3.04. The van der Waals surface area contributed by atoms with Gasteiger partial charge in [0.15, 0.2) is 0 Å². The van der Waals surface area contributed by atoms with E-state index in [0.717, 1.165) is 35.3 Å². The lowest BCUT2D eigenvalue weighted by Gasteiger charge is -2.20. The summed E-state index contributed by atoms with van der Waals surface area (Å²) >= 11 is 6.55. The molecular weight excluding hydrogens is 248 g/mol. The molecule has 0 saturated carbocycles. The SMILES string of the molecule is COc1c(C)cc(C(Cl)C2CCC(C)O2)cc1C. The molecule has 0 aliphatic carbocycles. The number of benzene rings is 1. The van der Waals surface area contributed by atoms with Crippen LogP contribution in [0, 0.1) is 13.8 Å². The zero-order valence-corrected chi connectivity index (χ0v) is 12.3. The summed E-state index contributed by atoms with van der Waals surface area (Å²) in [4.78, 5) is 0. The first-order valence-electron chi connectivity index (χ1n) is 6.47. The van der Waals surface area contributed by atoms with Gasteiger partial charge in [0, 0.05) is 0 Å². The zero-order valence-electron chi connectivity index (χ0n) is 11.5. The second kappa shape index (κ2) is 5.50. The Morgan fingerprint density at radius 3 is 2.33 bits per heavy atom. The first-order valence-corrected chi connectivity index (χ1v) is 6.91. The number of methoxy groups -OCH3 is 1. The van der Waals surface area contributed by atoms with E-state index in [-0.39, 0.29) is 11.5 Å². The summed E-state index contributed by atoms with van der Waals surface area (Å²) in [6.45, 7) is 6.21. The van der Waals surface area contributed by atoms with Crippen molar-refractivity contribution in [2.24, 2.45) is 0 Å². The Labute approximate surface area is 114 Å². The van der Waals surface area contributed by atoms with Crippen LogP contribution in [-0.4, -0.2) is 19.3 Å². The highest BCUT2D eigenvalue weighted by Gasteiger charge is 2.29. The van der Waals surface area contributed by atoms with Gasteiger partial charge in [0.1, 0.15) is 5.75 Å². The average molecular weight is 269 g/mol. The maximum absolute atomic E-state index is 6.55. The van der Waals surface area contributed by atoms with Crippen molar-refractivity contribution >= 4 is 11.6 Å². The number of ether oxygens (including phenoxy) is 2. The maximum atomic E-state index is 6.55. The highest BCUT2D eigenvalue weighted by Crippen LogP contribution is 2.37. The van der Waals surface area contributed by atoms with Crippen LogP contribution in [0.5, 0.6) is 5.75 Å². The van der Waals surface area contributed by atoms with Crippen LogP contribution in [0.3, 0.4) is 0 Å². The number of hydrogen-bond acceptors (Lipinski definition) is 2. The van der Waals surface area contributed by atoms with E-state index >= 15 is 0 Å². The standard InChI is InChI=1S/C15H21ClO2/c1-9-7-12(8-10(2)15(9)17-4)14(16)13-6-5-11(3)18-13/h7-8,11,13-14H,5-6H2,1-4H3. The van der Waals surface area contributed by atoms with Gasteiger partial charge in [-0.15, -0.1) is 11.6 Å². The number of halogens is 1. The van der Waals surface area contributed by atoms with Crippen LogP contribution in [0.4, 0.5) is 0 Å². The topological polar surface area (TPSA) is 18.5 Å². The van der Waals surface area contributed by atoms with Gasteiger partial charge >= 0.3 is 0 Å². The van der Waals surface area contributed by atoms with Gasteiger partial charge in [-0.2, -0.15) is 0 Å². The molecule has 0 radical (unpaired) electrons. The molecular formula is C15H21ClO2. The molecule has 18 heavy (non-hydrogen) atoms. The summed E-state index contributed by atoms with van der Waals surface area (Å²) in [6.07, 6.45) is 2.60. The summed E-state index contributed by atoms with van der Waals surface area (Å²) in [5.41, 5.74) is 3.39. The zero-order chi connectivity index (χ0) is 13.3. The molecule has 1 heterocycles. The highest BCUT2D eigenvalue weighted by atomic mass is 35.5. The van der Waals surface area contributed by atoms with E-state index in [1.807, 2.05) is 0 Å². The third kappa shape index (κ3) is 2.65. The van der Waals surface area contributed by atoms with E-state index in [9.17, 15) is 0 Å². The van der Waals surface area contributed by atoms with Gasteiger partial charge in [0.05, 0.1) is 24.7 Å². The molecule has 1 aromatic rings. The molecule has 1 saturated heterocycles. The molecule has 100 valence electrons. The quantitative estimate of drug-likeness (QED) is 0.767. The highest BCUT2D eigenvalue weighted by molar-refractivity contribution is 6.21. The fourth-order valence-electron chi connectivity index (χ4n) is 2.73. The van der Waals surface area contributed by atoms with Crippen molar-refractivity contribution in [3.63, 3.8) is 0 Å². The van der Waals surface area contributed by atoms with Crippen LogP contribution in [0.2, 0.25) is 0 Å². The normalized spacial score (nSPS) is 25.2. The smallest absolute Gasteiger partial charge is 0.124 e. The third-order valence-electron chi connectivity index (χ3n) is 3.60. The largest absolute Gasteiger partial charge is 0.496 e. The summed E-state index contributed by atoms with van der Waals surface area (Å²) in [5.74, 6) is 0.948. The van der Waals surface area contributed by atoms with Crippen LogP contribution in [0.1, 0.15) is 41.8 Å². The predicted octanol–water partition coefficient (Wildman–Crippen LogP) is 4.16. The van der Waals surface area contributed by atoms with Crippen molar-refractivity contribution in [3.05, 3.63) is 28.8 Å². The van der Waals surface area contributed by atoms with Gasteiger partial charge in [-0.05, 0) is 50.3 Å².